The van der Waals surface area contributed by atoms with Crippen molar-refractivity contribution >= 4 is 41.1 Å². The molecule has 0 spiro atoms. The van der Waals surface area contributed by atoms with Crippen LogP contribution in [0.15, 0.2) is 77.9 Å². The lowest BCUT2D eigenvalue weighted by molar-refractivity contribution is -0.124. The lowest BCUT2D eigenvalue weighted by Crippen LogP contribution is -2.44. The zero-order valence-electron chi connectivity index (χ0n) is 17.6. The third kappa shape index (κ3) is 2.86. The Morgan fingerprint density at radius 3 is 2.32 bits per heavy atom. The second-order valence-corrected chi connectivity index (χ2v) is 8.97. The molecule has 0 bridgehead atoms. The molecular formula is C26H17ClFN3O3. The minimum Gasteiger partial charge on any atom is -0.292 e. The fraction of sp³-hybridized carbons (Fsp3) is 0.154. The molecule has 3 aromatic carbocycles. The molecule has 6 rings (SSSR count). The first kappa shape index (κ1) is 20.7. The summed E-state index contributed by atoms with van der Waals surface area (Å²) in [6.45, 7) is 0. The Balaban J connectivity index is 1.51. The van der Waals surface area contributed by atoms with E-state index in [2.05, 4.69) is 5.10 Å². The van der Waals surface area contributed by atoms with Crippen LogP contribution in [0.4, 0.5) is 10.1 Å². The third-order valence-electron chi connectivity index (χ3n) is 6.78. The van der Waals surface area contributed by atoms with Crippen molar-refractivity contribution in [1.29, 1.82) is 0 Å². The van der Waals surface area contributed by atoms with E-state index in [1.54, 1.807) is 41.6 Å². The molecule has 4 unspecified atom stereocenters. The van der Waals surface area contributed by atoms with E-state index in [0.717, 1.165) is 16.0 Å². The quantitative estimate of drug-likeness (QED) is 0.421. The van der Waals surface area contributed by atoms with Crippen LogP contribution in [0.5, 0.6) is 0 Å². The number of benzene rings is 3. The molecule has 2 saturated heterocycles. The number of halogens is 2. The van der Waals surface area contributed by atoms with E-state index in [-0.39, 0.29) is 11.5 Å². The second-order valence-electron chi connectivity index (χ2n) is 8.53. The van der Waals surface area contributed by atoms with Crippen LogP contribution in [0.25, 0.3) is 0 Å². The molecule has 0 saturated carbocycles. The molecule has 2 amide bonds. The van der Waals surface area contributed by atoms with E-state index < -0.39 is 41.6 Å². The van der Waals surface area contributed by atoms with E-state index in [4.69, 9.17) is 11.6 Å². The second kappa shape index (κ2) is 7.60. The minimum absolute atomic E-state index is 0.108. The van der Waals surface area contributed by atoms with Crippen LogP contribution in [-0.2, 0) is 9.59 Å². The Morgan fingerprint density at radius 1 is 0.882 bits per heavy atom. The highest BCUT2D eigenvalue weighted by atomic mass is 35.5. The number of fused-ring (bicyclic) bond motifs is 5. The number of nitrogens with zero attached hydrogens (tertiary/aromatic N) is 3. The monoisotopic (exact) mass is 473 g/mol. The van der Waals surface area contributed by atoms with Crippen molar-refractivity contribution in [3.8, 4) is 0 Å². The summed E-state index contributed by atoms with van der Waals surface area (Å²) < 4.78 is 14.6. The van der Waals surface area contributed by atoms with E-state index in [1.165, 1.54) is 18.2 Å². The van der Waals surface area contributed by atoms with E-state index >= 15 is 0 Å². The average molecular weight is 474 g/mol. The van der Waals surface area contributed by atoms with Gasteiger partial charge in [-0.05, 0) is 47.5 Å². The van der Waals surface area contributed by atoms with Crippen molar-refractivity contribution in [3.63, 3.8) is 0 Å². The molecule has 3 aromatic rings. The van der Waals surface area contributed by atoms with Crippen LogP contribution in [0.1, 0.15) is 27.5 Å². The van der Waals surface area contributed by atoms with Gasteiger partial charge in [0.1, 0.15) is 11.9 Å². The summed E-state index contributed by atoms with van der Waals surface area (Å²) >= 11 is 5.99. The summed E-state index contributed by atoms with van der Waals surface area (Å²) in [5.74, 6) is -4.05. The molecule has 4 atom stereocenters. The molecule has 0 aliphatic carbocycles. The highest BCUT2D eigenvalue weighted by Crippen LogP contribution is 2.53. The smallest absolute Gasteiger partial charge is 0.240 e. The number of rotatable bonds is 3. The first-order valence-electron chi connectivity index (χ1n) is 10.8. The molecule has 0 N–H and O–H groups in total. The third-order valence-corrected chi connectivity index (χ3v) is 7.04. The number of amides is 2. The number of hydrazone groups is 1. The van der Waals surface area contributed by atoms with E-state index in [1.807, 2.05) is 24.3 Å². The molecule has 3 heterocycles. The molecule has 34 heavy (non-hydrogen) atoms. The predicted octanol–water partition coefficient (Wildman–Crippen LogP) is 4.24. The maximum absolute atomic E-state index is 14.6. The molecule has 6 nitrogen and oxygen atoms in total. The molecule has 168 valence electrons. The Bertz CT molecular complexity index is 1390. The fourth-order valence-electron chi connectivity index (χ4n) is 5.32. The van der Waals surface area contributed by atoms with E-state index in [9.17, 15) is 18.8 Å². The first-order valence-corrected chi connectivity index (χ1v) is 11.2. The Labute approximate surface area is 199 Å². The number of hydrogen-bond donors (Lipinski definition) is 0. The van der Waals surface area contributed by atoms with Crippen LogP contribution < -0.4 is 4.90 Å². The van der Waals surface area contributed by atoms with Crippen LogP contribution >= 0.6 is 11.6 Å². The number of anilines is 1. The molecule has 8 heteroatoms. The maximum Gasteiger partial charge on any atom is 0.240 e. The lowest BCUT2D eigenvalue weighted by Gasteiger charge is -2.33. The minimum atomic E-state index is -1.02. The van der Waals surface area contributed by atoms with Crippen molar-refractivity contribution < 1.29 is 18.8 Å². The predicted molar refractivity (Wildman–Crippen MR) is 124 cm³/mol. The summed E-state index contributed by atoms with van der Waals surface area (Å²) in [6.07, 6.45) is 1.64. The largest absolute Gasteiger partial charge is 0.292 e. The lowest BCUT2D eigenvalue weighted by atomic mass is 9.83. The fourth-order valence-corrected chi connectivity index (χ4v) is 5.45. The van der Waals surface area contributed by atoms with Gasteiger partial charge >= 0.3 is 0 Å². The Morgan fingerprint density at radius 2 is 1.56 bits per heavy atom. The zero-order chi connectivity index (χ0) is 23.6. The standard InChI is InChI=1S/C26H17ClFN3O3/c27-16-11-9-14(10-12-16)24(32)23-21-20(22-17-6-2-1-5-15(17)13-29-31(22)23)25(33)30(26(21)34)19-8-4-3-7-18(19)28/h1-13,20-23H. The number of imide groups is 1. The molecule has 3 aliphatic heterocycles. The van der Waals surface area contributed by atoms with Gasteiger partial charge in [0.25, 0.3) is 0 Å². The van der Waals surface area contributed by atoms with Crippen molar-refractivity contribution in [3.05, 3.63) is 100 Å². The van der Waals surface area contributed by atoms with Gasteiger partial charge in [0.2, 0.25) is 11.8 Å². The van der Waals surface area contributed by atoms with Crippen molar-refractivity contribution in [2.45, 2.75) is 12.1 Å². The highest BCUT2D eigenvalue weighted by Gasteiger charge is 2.65. The topological polar surface area (TPSA) is 70.0 Å². The summed E-state index contributed by atoms with van der Waals surface area (Å²) in [6, 6.07) is 17.8. The van der Waals surface area contributed by atoms with Gasteiger partial charge < -0.3 is 0 Å². The Hall–Kier alpha value is -3.84. The normalized spacial score (nSPS) is 24.8. The number of Topliss-reactive ketones (excluding diaryl/α,β-unsaturated/α-hetero) is 1. The van der Waals surface area contributed by atoms with Gasteiger partial charge in [-0.15, -0.1) is 0 Å². The number of ketones is 1. The number of hydrogen-bond acceptors (Lipinski definition) is 5. The van der Waals surface area contributed by atoms with Crippen LogP contribution in [0.3, 0.4) is 0 Å². The molecular weight excluding hydrogens is 457 g/mol. The van der Waals surface area contributed by atoms with Crippen molar-refractivity contribution in [2.75, 3.05) is 4.90 Å². The number of carbonyl (C=O) groups is 3. The van der Waals surface area contributed by atoms with Gasteiger partial charge in [0, 0.05) is 10.6 Å². The van der Waals surface area contributed by atoms with Gasteiger partial charge in [0.15, 0.2) is 5.78 Å². The Kier molecular flexibility index (Phi) is 4.64. The summed E-state index contributed by atoms with van der Waals surface area (Å²) in [4.78, 5) is 42.0. The summed E-state index contributed by atoms with van der Waals surface area (Å²) in [5.41, 5.74) is 1.86. The number of carbonyl (C=O) groups excluding carboxylic acids is 3. The van der Waals surface area contributed by atoms with Gasteiger partial charge in [-0.3, -0.25) is 19.4 Å². The number of para-hydroxylation sites is 1. The summed E-state index contributed by atoms with van der Waals surface area (Å²) in [5, 5.41) is 6.56. The van der Waals surface area contributed by atoms with Crippen molar-refractivity contribution in [1.82, 2.24) is 5.01 Å². The van der Waals surface area contributed by atoms with Crippen LogP contribution in [0, 0.1) is 17.7 Å². The average Bonchev–Trinajstić information content (AvgIpc) is 3.32. The highest BCUT2D eigenvalue weighted by molar-refractivity contribution is 6.30. The molecule has 0 radical (unpaired) electrons. The van der Waals surface area contributed by atoms with Gasteiger partial charge in [0.05, 0.1) is 29.8 Å². The van der Waals surface area contributed by atoms with Gasteiger partial charge in [-0.2, -0.15) is 5.10 Å². The molecule has 3 aliphatic rings. The maximum atomic E-state index is 14.6. The molecule has 0 aromatic heterocycles. The van der Waals surface area contributed by atoms with Crippen LogP contribution in [0.2, 0.25) is 5.02 Å². The summed E-state index contributed by atoms with van der Waals surface area (Å²) in [7, 11) is 0. The van der Waals surface area contributed by atoms with Gasteiger partial charge in [-0.25, -0.2) is 9.29 Å². The van der Waals surface area contributed by atoms with Crippen LogP contribution in [-0.4, -0.2) is 34.9 Å². The zero-order valence-corrected chi connectivity index (χ0v) is 18.4. The van der Waals surface area contributed by atoms with E-state index in [0.29, 0.717) is 10.6 Å². The SMILES string of the molecule is O=C(c1ccc(Cl)cc1)C1C2C(=O)N(c3ccccc3F)C(=O)C2C2c3ccccc3C=NN12. The first-order chi connectivity index (χ1) is 16.5. The van der Waals surface area contributed by atoms with Gasteiger partial charge in [-0.1, -0.05) is 48.0 Å². The van der Waals surface area contributed by atoms with Crippen molar-refractivity contribution in [2.24, 2.45) is 16.9 Å². The molecule has 2 fully saturated rings.